The lowest BCUT2D eigenvalue weighted by Gasteiger charge is -1.90. The topological polar surface area (TPSA) is 29.1 Å². The third-order valence-electron chi connectivity index (χ3n) is 1.34. The molecule has 1 aromatic rings. The average Bonchev–Trinajstić information content (AvgIpc) is 2.16. The molecule has 2 nitrogen and oxygen atoms in total. The molecule has 0 heterocycles. The standard InChI is InChI=1S/C9H9NOS/c11-9(10-12)7-6-8-4-2-1-3-5-8/h1-7,12H,(H,10,11). The van der Waals surface area contributed by atoms with Gasteiger partial charge in [-0.1, -0.05) is 43.1 Å². The fourth-order valence-electron chi connectivity index (χ4n) is 0.773. The van der Waals surface area contributed by atoms with Gasteiger partial charge < -0.3 is 0 Å². The number of hydrogen-bond acceptors (Lipinski definition) is 2. The quantitative estimate of drug-likeness (QED) is 0.524. The Balaban J connectivity index is 2.64. The molecule has 62 valence electrons. The van der Waals surface area contributed by atoms with Gasteiger partial charge in [0.2, 0.25) is 0 Å². The summed E-state index contributed by atoms with van der Waals surface area (Å²) in [6.07, 6.45) is 3.16. The molecule has 1 amide bonds. The van der Waals surface area contributed by atoms with Gasteiger partial charge in [0.25, 0.3) is 5.91 Å². The number of nitrogens with one attached hydrogen (secondary N) is 1. The summed E-state index contributed by atoms with van der Waals surface area (Å²) in [6.45, 7) is 0. The van der Waals surface area contributed by atoms with Gasteiger partial charge in [0.05, 0.1) is 0 Å². The summed E-state index contributed by atoms with van der Waals surface area (Å²) in [6, 6.07) is 9.59. The van der Waals surface area contributed by atoms with E-state index in [2.05, 4.69) is 17.5 Å². The highest BCUT2D eigenvalue weighted by Crippen LogP contribution is 2.00. The van der Waals surface area contributed by atoms with Crippen molar-refractivity contribution in [3.63, 3.8) is 0 Å². The van der Waals surface area contributed by atoms with Crippen molar-refractivity contribution < 1.29 is 4.79 Å². The molecule has 1 rings (SSSR count). The predicted molar refractivity (Wildman–Crippen MR) is 52.6 cm³/mol. The third kappa shape index (κ3) is 2.80. The summed E-state index contributed by atoms with van der Waals surface area (Å²) in [4.78, 5) is 10.7. The van der Waals surface area contributed by atoms with E-state index in [4.69, 9.17) is 0 Å². The van der Waals surface area contributed by atoms with E-state index in [9.17, 15) is 4.79 Å². The largest absolute Gasteiger partial charge is 0.299 e. The number of carbonyl (C=O) groups is 1. The van der Waals surface area contributed by atoms with Gasteiger partial charge in [-0.05, 0) is 11.6 Å². The van der Waals surface area contributed by atoms with E-state index < -0.39 is 0 Å². The van der Waals surface area contributed by atoms with Crippen molar-refractivity contribution in [2.45, 2.75) is 0 Å². The fraction of sp³-hybridized carbons (Fsp3) is 0. The highest BCUT2D eigenvalue weighted by atomic mass is 32.1. The summed E-state index contributed by atoms with van der Waals surface area (Å²) in [5, 5.41) is 0. The summed E-state index contributed by atoms with van der Waals surface area (Å²) >= 11 is 3.61. The molecule has 0 bridgehead atoms. The van der Waals surface area contributed by atoms with Crippen LogP contribution in [0.15, 0.2) is 36.4 Å². The summed E-state index contributed by atoms with van der Waals surface area (Å²) < 4.78 is 2.20. The van der Waals surface area contributed by atoms with Crippen LogP contribution in [0.1, 0.15) is 5.56 Å². The molecule has 12 heavy (non-hydrogen) atoms. The first-order valence-electron chi connectivity index (χ1n) is 3.50. The van der Waals surface area contributed by atoms with E-state index in [1.54, 1.807) is 6.08 Å². The molecule has 0 aliphatic rings. The zero-order valence-electron chi connectivity index (χ0n) is 6.40. The minimum absolute atomic E-state index is 0.220. The lowest BCUT2D eigenvalue weighted by Crippen LogP contribution is -2.07. The van der Waals surface area contributed by atoms with Crippen molar-refractivity contribution in [3.8, 4) is 0 Å². The summed E-state index contributed by atoms with van der Waals surface area (Å²) in [5.41, 5.74) is 0.995. The molecule has 0 saturated heterocycles. The van der Waals surface area contributed by atoms with Crippen molar-refractivity contribution in [1.29, 1.82) is 0 Å². The molecule has 1 N–H and O–H groups in total. The van der Waals surface area contributed by atoms with Crippen LogP contribution in [0.3, 0.4) is 0 Å². The van der Waals surface area contributed by atoms with E-state index in [1.165, 1.54) is 6.08 Å². The molecule has 0 radical (unpaired) electrons. The fourth-order valence-corrected chi connectivity index (χ4v) is 0.848. The first-order chi connectivity index (χ1) is 5.83. The molecule has 0 aliphatic heterocycles. The molecular formula is C9H9NOS. The number of carbonyl (C=O) groups excluding carboxylic acids is 1. The van der Waals surface area contributed by atoms with E-state index in [0.29, 0.717) is 0 Å². The second-order valence-electron chi connectivity index (χ2n) is 2.22. The summed E-state index contributed by atoms with van der Waals surface area (Å²) in [7, 11) is 0. The first-order valence-corrected chi connectivity index (χ1v) is 3.95. The van der Waals surface area contributed by atoms with Gasteiger partial charge in [-0.25, -0.2) is 0 Å². The Morgan fingerprint density at radius 2 is 2.00 bits per heavy atom. The van der Waals surface area contributed by atoms with E-state index >= 15 is 0 Å². The Labute approximate surface area is 76.8 Å². The lowest BCUT2D eigenvalue weighted by atomic mass is 10.2. The number of rotatable bonds is 2. The zero-order chi connectivity index (χ0) is 8.81. The van der Waals surface area contributed by atoms with E-state index in [1.807, 2.05) is 30.3 Å². The Morgan fingerprint density at radius 1 is 1.33 bits per heavy atom. The number of thiol groups is 1. The Bertz CT molecular complexity index is 282. The maximum Gasteiger partial charge on any atom is 0.253 e. The Morgan fingerprint density at radius 3 is 2.58 bits per heavy atom. The van der Waals surface area contributed by atoms with Gasteiger partial charge in [0.15, 0.2) is 0 Å². The Hall–Kier alpha value is -1.22. The molecule has 0 atom stereocenters. The molecular weight excluding hydrogens is 170 g/mol. The summed E-state index contributed by atoms with van der Waals surface area (Å²) in [5.74, 6) is -0.220. The molecule has 0 unspecified atom stereocenters. The van der Waals surface area contributed by atoms with E-state index in [0.717, 1.165) is 5.56 Å². The van der Waals surface area contributed by atoms with Crippen LogP contribution in [0.25, 0.3) is 6.08 Å². The lowest BCUT2D eigenvalue weighted by molar-refractivity contribution is -0.114. The van der Waals surface area contributed by atoms with Crippen LogP contribution in [0.5, 0.6) is 0 Å². The van der Waals surface area contributed by atoms with Crippen molar-refractivity contribution in [2.24, 2.45) is 0 Å². The van der Waals surface area contributed by atoms with Crippen LogP contribution in [0, 0.1) is 0 Å². The van der Waals surface area contributed by atoms with Crippen LogP contribution < -0.4 is 4.72 Å². The molecule has 0 spiro atoms. The van der Waals surface area contributed by atoms with Crippen LogP contribution >= 0.6 is 12.8 Å². The molecule has 3 heteroatoms. The molecule has 0 aromatic heterocycles. The SMILES string of the molecule is O=C(C=Cc1ccccc1)NS. The van der Waals surface area contributed by atoms with Crippen molar-refractivity contribution in [2.75, 3.05) is 0 Å². The predicted octanol–water partition coefficient (Wildman–Crippen LogP) is 1.66. The number of benzene rings is 1. The van der Waals surface area contributed by atoms with Gasteiger partial charge in [0.1, 0.15) is 0 Å². The van der Waals surface area contributed by atoms with Crippen molar-refractivity contribution in [1.82, 2.24) is 4.72 Å². The minimum atomic E-state index is -0.220. The maximum atomic E-state index is 10.7. The number of hydrogen-bond donors (Lipinski definition) is 2. The first kappa shape index (κ1) is 8.87. The van der Waals surface area contributed by atoms with E-state index in [-0.39, 0.29) is 5.91 Å². The van der Waals surface area contributed by atoms with Crippen LogP contribution in [0.2, 0.25) is 0 Å². The van der Waals surface area contributed by atoms with Gasteiger partial charge >= 0.3 is 0 Å². The monoisotopic (exact) mass is 179 g/mol. The van der Waals surface area contributed by atoms with Crippen LogP contribution in [-0.2, 0) is 4.79 Å². The minimum Gasteiger partial charge on any atom is -0.299 e. The number of amides is 1. The second kappa shape index (κ2) is 4.62. The molecule has 0 saturated carbocycles. The van der Waals surface area contributed by atoms with Crippen LogP contribution in [-0.4, -0.2) is 5.91 Å². The third-order valence-corrected chi connectivity index (χ3v) is 1.56. The van der Waals surface area contributed by atoms with Crippen molar-refractivity contribution >= 4 is 24.8 Å². The highest BCUT2D eigenvalue weighted by molar-refractivity contribution is 7.78. The van der Waals surface area contributed by atoms with Crippen molar-refractivity contribution in [3.05, 3.63) is 42.0 Å². The second-order valence-corrected chi connectivity index (χ2v) is 2.44. The Kier molecular flexibility index (Phi) is 3.41. The van der Waals surface area contributed by atoms with Crippen LogP contribution in [0.4, 0.5) is 0 Å². The molecule has 1 aromatic carbocycles. The molecule has 0 fully saturated rings. The van der Waals surface area contributed by atoms with Gasteiger partial charge in [0, 0.05) is 6.08 Å². The highest BCUT2D eigenvalue weighted by Gasteiger charge is 1.88. The van der Waals surface area contributed by atoms with Gasteiger partial charge in [-0.2, -0.15) is 0 Å². The molecule has 0 aliphatic carbocycles. The zero-order valence-corrected chi connectivity index (χ0v) is 7.29. The average molecular weight is 179 g/mol. The van der Waals surface area contributed by atoms with Gasteiger partial charge in [-0.15, -0.1) is 0 Å². The normalized spacial score (nSPS) is 10.1. The maximum absolute atomic E-state index is 10.7. The van der Waals surface area contributed by atoms with Gasteiger partial charge in [-0.3, -0.25) is 9.52 Å². The smallest absolute Gasteiger partial charge is 0.253 e.